The number of likely N-dealkylation sites (tertiary alicyclic amines) is 1. The fraction of sp³-hybridized carbons (Fsp3) is 0.545. The highest BCUT2D eigenvalue weighted by atomic mass is 79.9. The molecule has 2 fully saturated rings. The van der Waals surface area contributed by atoms with Crippen LogP contribution < -0.4 is 5.32 Å². The first-order valence-corrected chi connectivity index (χ1v) is 6.31. The zero-order chi connectivity index (χ0) is 11.1. The number of carbonyl (C=O) groups excluding carboxylic acids is 1. The summed E-state index contributed by atoms with van der Waals surface area (Å²) in [6, 6.07) is 2.11. The van der Waals surface area contributed by atoms with Crippen molar-refractivity contribution >= 4 is 21.8 Å². The maximum absolute atomic E-state index is 12.2. The molecule has 1 N–H and O–H groups in total. The smallest absolute Gasteiger partial charge is 0.257 e. The lowest BCUT2D eigenvalue weighted by molar-refractivity contribution is 0.0736. The molecule has 2 saturated heterocycles. The molecule has 0 spiro atoms. The molecule has 1 aromatic heterocycles. The van der Waals surface area contributed by atoms with Gasteiger partial charge in [0.2, 0.25) is 0 Å². The van der Waals surface area contributed by atoms with E-state index in [1.807, 2.05) is 4.90 Å². The number of rotatable bonds is 1. The van der Waals surface area contributed by atoms with Gasteiger partial charge < -0.3 is 14.6 Å². The standard InChI is InChI=1S/C11H13BrN2O2/c12-10-3-8(6-16-10)11(15)14-2-1-7-4-13-5-9(7)14/h3,6-7,9,13H,1-2,4-5H2/t7-,9+/m1/s1. The van der Waals surface area contributed by atoms with E-state index >= 15 is 0 Å². The molecule has 2 aliphatic heterocycles. The number of nitrogens with zero attached hydrogens (tertiary/aromatic N) is 1. The molecule has 1 aromatic rings. The molecule has 0 unspecified atom stereocenters. The third kappa shape index (κ3) is 1.58. The highest BCUT2D eigenvalue weighted by molar-refractivity contribution is 9.10. The minimum atomic E-state index is 0.0886. The Hall–Kier alpha value is -0.810. The molecule has 3 heterocycles. The van der Waals surface area contributed by atoms with Crippen molar-refractivity contribution in [1.82, 2.24) is 10.2 Å². The first-order chi connectivity index (χ1) is 7.75. The summed E-state index contributed by atoms with van der Waals surface area (Å²) in [5.41, 5.74) is 0.638. The van der Waals surface area contributed by atoms with Gasteiger partial charge >= 0.3 is 0 Å². The molecule has 0 aromatic carbocycles. The highest BCUT2D eigenvalue weighted by Crippen LogP contribution is 2.29. The first-order valence-electron chi connectivity index (χ1n) is 5.51. The topological polar surface area (TPSA) is 45.5 Å². The van der Waals surface area contributed by atoms with Crippen molar-refractivity contribution in [3.63, 3.8) is 0 Å². The number of furan rings is 1. The van der Waals surface area contributed by atoms with Crippen molar-refractivity contribution in [2.75, 3.05) is 19.6 Å². The van der Waals surface area contributed by atoms with Gasteiger partial charge in [0.25, 0.3) is 5.91 Å². The van der Waals surface area contributed by atoms with Crippen LogP contribution in [-0.4, -0.2) is 36.5 Å². The molecule has 5 heteroatoms. The lowest BCUT2D eigenvalue weighted by Crippen LogP contribution is -2.38. The number of nitrogens with one attached hydrogen (secondary N) is 1. The van der Waals surface area contributed by atoms with Crippen molar-refractivity contribution in [3.05, 3.63) is 22.6 Å². The quantitative estimate of drug-likeness (QED) is 0.850. The molecular formula is C11H13BrN2O2. The van der Waals surface area contributed by atoms with Gasteiger partial charge in [-0.1, -0.05) is 0 Å². The van der Waals surface area contributed by atoms with Crippen LogP contribution in [0.15, 0.2) is 21.4 Å². The summed E-state index contributed by atoms with van der Waals surface area (Å²) < 4.78 is 5.72. The van der Waals surface area contributed by atoms with E-state index in [4.69, 9.17) is 4.42 Å². The van der Waals surface area contributed by atoms with Gasteiger partial charge in [-0.15, -0.1) is 0 Å². The van der Waals surface area contributed by atoms with Crippen LogP contribution in [0.2, 0.25) is 0 Å². The van der Waals surface area contributed by atoms with E-state index in [-0.39, 0.29) is 5.91 Å². The Labute approximate surface area is 102 Å². The second-order valence-electron chi connectivity index (χ2n) is 4.41. The SMILES string of the molecule is O=C(c1coc(Br)c1)N1CC[C@@H]2CNC[C@@H]21. The van der Waals surface area contributed by atoms with Crippen LogP contribution in [-0.2, 0) is 0 Å². The van der Waals surface area contributed by atoms with Crippen molar-refractivity contribution in [3.8, 4) is 0 Å². The van der Waals surface area contributed by atoms with Gasteiger partial charge in [-0.25, -0.2) is 0 Å². The Morgan fingerprint density at radius 2 is 2.44 bits per heavy atom. The average molecular weight is 285 g/mol. The highest BCUT2D eigenvalue weighted by Gasteiger charge is 2.40. The van der Waals surface area contributed by atoms with Gasteiger partial charge in [0.05, 0.1) is 5.56 Å². The molecule has 0 aliphatic carbocycles. The predicted octanol–water partition coefficient (Wildman–Crippen LogP) is 1.48. The van der Waals surface area contributed by atoms with Crippen molar-refractivity contribution in [1.29, 1.82) is 0 Å². The second-order valence-corrected chi connectivity index (χ2v) is 5.19. The molecule has 0 radical (unpaired) electrons. The van der Waals surface area contributed by atoms with Crippen LogP contribution in [0.3, 0.4) is 0 Å². The Morgan fingerprint density at radius 3 is 3.19 bits per heavy atom. The van der Waals surface area contributed by atoms with E-state index in [0.717, 1.165) is 26.1 Å². The van der Waals surface area contributed by atoms with Crippen molar-refractivity contribution < 1.29 is 9.21 Å². The molecule has 4 nitrogen and oxygen atoms in total. The third-order valence-corrected chi connectivity index (χ3v) is 3.94. The monoisotopic (exact) mass is 284 g/mol. The number of halogens is 1. The van der Waals surface area contributed by atoms with E-state index in [1.54, 1.807) is 6.07 Å². The van der Waals surface area contributed by atoms with Crippen molar-refractivity contribution in [2.24, 2.45) is 5.92 Å². The Kier molecular flexibility index (Phi) is 2.52. The summed E-state index contributed by atoms with van der Waals surface area (Å²) >= 11 is 3.22. The Balaban J connectivity index is 1.80. The molecule has 1 amide bonds. The third-order valence-electron chi connectivity index (χ3n) is 3.52. The summed E-state index contributed by atoms with van der Waals surface area (Å²) in [6.07, 6.45) is 2.63. The Bertz CT molecular complexity index is 418. The minimum absolute atomic E-state index is 0.0886. The molecular weight excluding hydrogens is 272 g/mol. The average Bonchev–Trinajstić information content (AvgIpc) is 2.90. The number of amides is 1. The summed E-state index contributed by atoms with van der Waals surface area (Å²) in [4.78, 5) is 14.2. The zero-order valence-electron chi connectivity index (χ0n) is 8.78. The summed E-state index contributed by atoms with van der Waals surface area (Å²) in [6.45, 7) is 2.84. The van der Waals surface area contributed by atoms with E-state index in [1.165, 1.54) is 6.26 Å². The van der Waals surface area contributed by atoms with Crippen LogP contribution in [0.4, 0.5) is 0 Å². The Morgan fingerprint density at radius 1 is 1.56 bits per heavy atom. The summed E-state index contributed by atoms with van der Waals surface area (Å²) in [7, 11) is 0. The largest absolute Gasteiger partial charge is 0.457 e. The van der Waals surface area contributed by atoms with Gasteiger partial charge in [-0.05, 0) is 28.3 Å². The molecule has 16 heavy (non-hydrogen) atoms. The molecule has 0 bridgehead atoms. The van der Waals surface area contributed by atoms with Gasteiger partial charge in [0.1, 0.15) is 6.26 Å². The van der Waals surface area contributed by atoms with Crippen molar-refractivity contribution in [2.45, 2.75) is 12.5 Å². The first kappa shape index (κ1) is 10.4. The lowest BCUT2D eigenvalue weighted by Gasteiger charge is -2.22. The van der Waals surface area contributed by atoms with E-state index in [9.17, 15) is 4.79 Å². The van der Waals surface area contributed by atoms with Gasteiger partial charge in [0, 0.05) is 31.7 Å². The predicted molar refractivity (Wildman–Crippen MR) is 62.2 cm³/mol. The fourth-order valence-electron chi connectivity index (χ4n) is 2.69. The van der Waals surface area contributed by atoms with E-state index in [2.05, 4.69) is 21.2 Å². The number of carbonyl (C=O) groups is 1. The maximum Gasteiger partial charge on any atom is 0.257 e. The molecule has 2 aliphatic rings. The zero-order valence-corrected chi connectivity index (χ0v) is 10.4. The van der Waals surface area contributed by atoms with Crippen LogP contribution in [0, 0.1) is 5.92 Å². The van der Waals surface area contributed by atoms with E-state index < -0.39 is 0 Å². The number of hydrogen-bond acceptors (Lipinski definition) is 3. The maximum atomic E-state index is 12.2. The van der Waals surface area contributed by atoms with Gasteiger partial charge in [0.15, 0.2) is 4.67 Å². The van der Waals surface area contributed by atoms with Gasteiger partial charge in [-0.2, -0.15) is 0 Å². The number of hydrogen-bond donors (Lipinski definition) is 1. The van der Waals surface area contributed by atoms with E-state index in [0.29, 0.717) is 22.2 Å². The fourth-order valence-corrected chi connectivity index (χ4v) is 3.03. The normalized spacial score (nSPS) is 28.4. The molecule has 3 rings (SSSR count). The van der Waals surface area contributed by atoms with Crippen LogP contribution in [0.25, 0.3) is 0 Å². The van der Waals surface area contributed by atoms with Crippen LogP contribution >= 0.6 is 15.9 Å². The molecule has 86 valence electrons. The lowest BCUT2D eigenvalue weighted by atomic mass is 10.1. The number of fused-ring (bicyclic) bond motifs is 1. The van der Waals surface area contributed by atoms with Gasteiger partial charge in [-0.3, -0.25) is 4.79 Å². The van der Waals surface area contributed by atoms with Crippen LogP contribution in [0.1, 0.15) is 16.8 Å². The minimum Gasteiger partial charge on any atom is -0.457 e. The van der Waals surface area contributed by atoms with Crippen LogP contribution in [0.5, 0.6) is 0 Å². The summed E-state index contributed by atoms with van der Waals surface area (Å²) in [5.74, 6) is 0.727. The summed E-state index contributed by atoms with van der Waals surface area (Å²) in [5, 5.41) is 3.34. The molecule has 0 saturated carbocycles. The molecule has 2 atom stereocenters. The second kappa shape index (κ2) is 3.89.